The van der Waals surface area contributed by atoms with Crippen molar-refractivity contribution in [3.8, 4) is 0 Å². The van der Waals surface area contributed by atoms with Crippen molar-refractivity contribution in [1.29, 1.82) is 0 Å². The van der Waals surface area contributed by atoms with Gasteiger partial charge in [-0.2, -0.15) is 0 Å². The third-order valence-electron chi connectivity index (χ3n) is 3.98. The molecule has 2 bridgehead atoms. The van der Waals surface area contributed by atoms with Crippen molar-refractivity contribution in [2.24, 2.45) is 11.8 Å². The van der Waals surface area contributed by atoms with Crippen molar-refractivity contribution >= 4 is 0 Å². The van der Waals surface area contributed by atoms with E-state index < -0.39 is 0 Å². The Morgan fingerprint density at radius 3 is 2.25 bits per heavy atom. The molecule has 70 valence electrons. The fourth-order valence-corrected chi connectivity index (χ4v) is 3.35. The lowest BCUT2D eigenvalue weighted by Gasteiger charge is -2.32. The summed E-state index contributed by atoms with van der Waals surface area (Å²) in [7, 11) is 0. The Balaban J connectivity index is 1.96. The molecule has 0 spiro atoms. The molecule has 0 heterocycles. The molecule has 0 aromatic rings. The van der Waals surface area contributed by atoms with Gasteiger partial charge < -0.3 is 4.90 Å². The quantitative estimate of drug-likeness (QED) is 0.624. The van der Waals surface area contributed by atoms with Gasteiger partial charge in [0, 0.05) is 6.04 Å². The minimum Gasteiger partial charge on any atom is -0.301 e. The first-order chi connectivity index (χ1) is 5.85. The summed E-state index contributed by atoms with van der Waals surface area (Å²) in [6.07, 6.45) is 6.10. The molecular weight excluding hydrogens is 146 g/mol. The van der Waals surface area contributed by atoms with Crippen molar-refractivity contribution in [2.75, 3.05) is 13.1 Å². The lowest BCUT2D eigenvalue weighted by molar-refractivity contribution is 0.157. The zero-order chi connectivity index (χ0) is 8.55. The Bertz CT molecular complexity index is 151. The van der Waals surface area contributed by atoms with E-state index in [0.717, 1.165) is 17.9 Å². The molecule has 0 aromatic carbocycles. The van der Waals surface area contributed by atoms with Crippen molar-refractivity contribution in [1.82, 2.24) is 4.90 Å². The second kappa shape index (κ2) is 3.37. The van der Waals surface area contributed by atoms with Crippen LogP contribution in [-0.2, 0) is 0 Å². The molecule has 2 rings (SSSR count). The topological polar surface area (TPSA) is 3.24 Å². The summed E-state index contributed by atoms with van der Waals surface area (Å²) in [6, 6.07) is 0.957. The van der Waals surface area contributed by atoms with Crippen LogP contribution in [0.2, 0.25) is 0 Å². The van der Waals surface area contributed by atoms with Crippen LogP contribution in [0.15, 0.2) is 0 Å². The minimum atomic E-state index is 0.957. The van der Waals surface area contributed by atoms with Crippen molar-refractivity contribution < 1.29 is 0 Å². The fourth-order valence-electron chi connectivity index (χ4n) is 3.35. The molecule has 3 atom stereocenters. The van der Waals surface area contributed by atoms with Gasteiger partial charge in [-0.15, -0.1) is 0 Å². The summed E-state index contributed by atoms with van der Waals surface area (Å²) in [5.74, 6) is 2.16. The molecule has 0 unspecified atom stereocenters. The third kappa shape index (κ3) is 1.28. The lowest BCUT2D eigenvalue weighted by atomic mass is 9.94. The molecule has 2 saturated carbocycles. The van der Waals surface area contributed by atoms with Crippen LogP contribution >= 0.6 is 0 Å². The van der Waals surface area contributed by atoms with E-state index in [0.29, 0.717) is 0 Å². The maximum atomic E-state index is 2.67. The normalized spacial score (nSPS) is 39.8. The summed E-state index contributed by atoms with van der Waals surface area (Å²) < 4.78 is 0. The Morgan fingerprint density at radius 2 is 1.83 bits per heavy atom. The summed E-state index contributed by atoms with van der Waals surface area (Å²) in [6.45, 7) is 7.11. The minimum absolute atomic E-state index is 0.957. The van der Waals surface area contributed by atoms with E-state index in [9.17, 15) is 0 Å². The van der Waals surface area contributed by atoms with E-state index in [2.05, 4.69) is 18.7 Å². The first-order valence-corrected chi connectivity index (χ1v) is 5.59. The molecule has 2 fully saturated rings. The average Bonchev–Trinajstić information content (AvgIpc) is 2.67. The average molecular weight is 167 g/mol. The molecule has 0 aliphatic heterocycles. The second-order valence-electron chi connectivity index (χ2n) is 4.46. The molecule has 2 aliphatic rings. The summed E-state index contributed by atoms with van der Waals surface area (Å²) in [5.41, 5.74) is 0. The highest BCUT2D eigenvalue weighted by atomic mass is 15.2. The maximum Gasteiger partial charge on any atom is 0.0126 e. The molecule has 0 radical (unpaired) electrons. The highest BCUT2D eigenvalue weighted by molar-refractivity contribution is 4.94. The van der Waals surface area contributed by atoms with Crippen molar-refractivity contribution in [2.45, 2.75) is 45.6 Å². The summed E-state index contributed by atoms with van der Waals surface area (Å²) in [5, 5.41) is 0. The largest absolute Gasteiger partial charge is 0.301 e. The van der Waals surface area contributed by atoms with E-state index in [4.69, 9.17) is 0 Å². The molecule has 12 heavy (non-hydrogen) atoms. The van der Waals surface area contributed by atoms with Crippen LogP contribution in [0, 0.1) is 11.8 Å². The van der Waals surface area contributed by atoms with Crippen LogP contribution in [0.1, 0.15) is 39.5 Å². The van der Waals surface area contributed by atoms with Gasteiger partial charge >= 0.3 is 0 Å². The molecule has 0 N–H and O–H groups in total. The monoisotopic (exact) mass is 167 g/mol. The van der Waals surface area contributed by atoms with Gasteiger partial charge in [0.25, 0.3) is 0 Å². The number of nitrogens with zero attached hydrogens (tertiary/aromatic N) is 1. The summed E-state index contributed by atoms with van der Waals surface area (Å²) in [4.78, 5) is 2.67. The Labute approximate surface area is 76.1 Å². The van der Waals surface area contributed by atoms with Crippen LogP contribution in [0.25, 0.3) is 0 Å². The Hall–Kier alpha value is -0.0400. The van der Waals surface area contributed by atoms with Crippen LogP contribution in [0.3, 0.4) is 0 Å². The highest BCUT2D eigenvalue weighted by Gasteiger charge is 2.41. The molecule has 1 heteroatoms. The van der Waals surface area contributed by atoms with E-state index in [-0.39, 0.29) is 0 Å². The van der Waals surface area contributed by atoms with Gasteiger partial charge in [0.05, 0.1) is 0 Å². The van der Waals surface area contributed by atoms with Gasteiger partial charge in [0.1, 0.15) is 0 Å². The zero-order valence-electron chi connectivity index (χ0n) is 8.42. The van der Waals surface area contributed by atoms with Crippen LogP contribution in [0.5, 0.6) is 0 Å². The van der Waals surface area contributed by atoms with Gasteiger partial charge in [-0.25, -0.2) is 0 Å². The molecule has 1 nitrogen and oxygen atoms in total. The predicted molar refractivity (Wildman–Crippen MR) is 52.2 cm³/mol. The first-order valence-electron chi connectivity index (χ1n) is 5.59. The molecule has 0 aromatic heterocycles. The smallest absolute Gasteiger partial charge is 0.0126 e. The standard InChI is InChI=1S/C11H21N/c1-3-12(4-2)11-8-9-5-6-10(11)7-9/h9-11H,3-8H2,1-2H3/t9-,10+,11-/m1/s1. The van der Waals surface area contributed by atoms with Crippen molar-refractivity contribution in [3.63, 3.8) is 0 Å². The van der Waals surface area contributed by atoms with Crippen molar-refractivity contribution in [3.05, 3.63) is 0 Å². The zero-order valence-corrected chi connectivity index (χ0v) is 8.42. The van der Waals surface area contributed by atoms with E-state index in [1.165, 1.54) is 32.4 Å². The Morgan fingerprint density at radius 1 is 1.08 bits per heavy atom. The fraction of sp³-hybridized carbons (Fsp3) is 1.00. The third-order valence-corrected chi connectivity index (χ3v) is 3.98. The molecule has 2 aliphatic carbocycles. The van der Waals surface area contributed by atoms with Crippen LogP contribution in [0.4, 0.5) is 0 Å². The number of rotatable bonds is 3. The molecule has 0 saturated heterocycles. The highest BCUT2D eigenvalue weighted by Crippen LogP contribution is 2.46. The van der Waals surface area contributed by atoms with E-state index >= 15 is 0 Å². The SMILES string of the molecule is CCN(CC)[C@@H]1C[C@@H]2CC[C@H]1C2. The van der Waals surface area contributed by atoms with Gasteiger partial charge in [-0.1, -0.05) is 20.3 Å². The number of hydrogen-bond donors (Lipinski definition) is 0. The van der Waals surface area contributed by atoms with E-state index in [1.807, 2.05) is 0 Å². The number of fused-ring (bicyclic) bond motifs is 2. The maximum absolute atomic E-state index is 2.67. The van der Waals surface area contributed by atoms with Gasteiger partial charge in [0.2, 0.25) is 0 Å². The van der Waals surface area contributed by atoms with Gasteiger partial charge in [0.15, 0.2) is 0 Å². The van der Waals surface area contributed by atoms with E-state index in [1.54, 1.807) is 6.42 Å². The molecular formula is C11H21N. The number of hydrogen-bond acceptors (Lipinski definition) is 1. The van der Waals surface area contributed by atoms with Gasteiger partial charge in [-0.3, -0.25) is 0 Å². The lowest BCUT2D eigenvalue weighted by Crippen LogP contribution is -2.38. The van der Waals surface area contributed by atoms with Crippen LogP contribution in [-0.4, -0.2) is 24.0 Å². The molecule has 0 amide bonds. The van der Waals surface area contributed by atoms with Crippen LogP contribution < -0.4 is 0 Å². The predicted octanol–water partition coefficient (Wildman–Crippen LogP) is 2.52. The Kier molecular flexibility index (Phi) is 2.40. The van der Waals surface area contributed by atoms with Gasteiger partial charge in [-0.05, 0) is 44.2 Å². The second-order valence-corrected chi connectivity index (χ2v) is 4.46. The first kappa shape index (κ1) is 8.55. The summed E-state index contributed by atoms with van der Waals surface area (Å²) >= 11 is 0.